The molecule has 0 aromatic carbocycles. The highest BCUT2D eigenvalue weighted by atomic mass is 16.5. The first-order valence-electron chi connectivity index (χ1n) is 6.48. The van der Waals surface area contributed by atoms with Gasteiger partial charge in [0, 0.05) is 30.9 Å². The first kappa shape index (κ1) is 12.7. The second kappa shape index (κ2) is 5.38. The van der Waals surface area contributed by atoms with Crippen molar-refractivity contribution in [2.45, 2.75) is 6.10 Å². The van der Waals surface area contributed by atoms with E-state index in [4.69, 9.17) is 4.74 Å². The van der Waals surface area contributed by atoms with Crippen LogP contribution in [0.5, 0.6) is 5.88 Å². The number of carbonyl (C=O) groups excluding carboxylic acids is 1. The summed E-state index contributed by atoms with van der Waals surface area (Å²) in [7, 11) is 2.05. The van der Waals surface area contributed by atoms with E-state index in [0.29, 0.717) is 22.8 Å². The van der Waals surface area contributed by atoms with Gasteiger partial charge in [0.1, 0.15) is 12.4 Å². The average Bonchev–Trinajstić information content (AvgIpc) is 2.46. The number of pyridine rings is 2. The maximum atomic E-state index is 10.8. The zero-order valence-corrected chi connectivity index (χ0v) is 11.2. The molecule has 20 heavy (non-hydrogen) atoms. The number of nitrogens with zero attached hydrogens (tertiary/aromatic N) is 3. The van der Waals surface area contributed by atoms with Crippen LogP contribution in [0.1, 0.15) is 10.4 Å². The summed E-state index contributed by atoms with van der Waals surface area (Å²) in [4.78, 5) is 21.7. The normalized spacial score (nSPS) is 15.7. The number of likely N-dealkylation sites (tertiary alicyclic amines) is 1. The summed E-state index contributed by atoms with van der Waals surface area (Å²) in [6.07, 6.45) is 2.61. The van der Waals surface area contributed by atoms with Gasteiger partial charge in [0.2, 0.25) is 5.88 Å². The molecule has 3 rings (SSSR count). The summed E-state index contributed by atoms with van der Waals surface area (Å²) < 4.78 is 5.79. The maximum absolute atomic E-state index is 10.8. The van der Waals surface area contributed by atoms with Crippen LogP contribution in [0.15, 0.2) is 36.5 Å². The largest absolute Gasteiger partial charge is 0.472 e. The van der Waals surface area contributed by atoms with Crippen molar-refractivity contribution in [2.24, 2.45) is 0 Å². The van der Waals surface area contributed by atoms with Gasteiger partial charge in [-0.3, -0.25) is 14.7 Å². The zero-order valence-electron chi connectivity index (χ0n) is 11.2. The van der Waals surface area contributed by atoms with Gasteiger partial charge in [-0.25, -0.2) is 4.98 Å². The first-order chi connectivity index (χ1) is 9.74. The van der Waals surface area contributed by atoms with Crippen LogP contribution in [0.2, 0.25) is 0 Å². The summed E-state index contributed by atoms with van der Waals surface area (Å²) in [5, 5.41) is 0. The Morgan fingerprint density at radius 1 is 1.30 bits per heavy atom. The highest BCUT2D eigenvalue weighted by molar-refractivity contribution is 5.76. The maximum Gasteiger partial charge on any atom is 0.214 e. The lowest BCUT2D eigenvalue weighted by molar-refractivity contribution is 0.0356. The van der Waals surface area contributed by atoms with Gasteiger partial charge in [-0.15, -0.1) is 0 Å². The summed E-state index contributed by atoms with van der Waals surface area (Å²) in [5.74, 6) is 0.596. The van der Waals surface area contributed by atoms with E-state index in [9.17, 15) is 4.79 Å². The molecule has 0 aliphatic carbocycles. The van der Waals surface area contributed by atoms with E-state index < -0.39 is 0 Å². The first-order valence-corrected chi connectivity index (χ1v) is 6.48. The Hall–Kier alpha value is -2.27. The van der Waals surface area contributed by atoms with Gasteiger partial charge in [-0.05, 0) is 25.2 Å². The second-order valence-electron chi connectivity index (χ2n) is 4.91. The van der Waals surface area contributed by atoms with Crippen molar-refractivity contribution in [1.29, 1.82) is 0 Å². The summed E-state index contributed by atoms with van der Waals surface area (Å²) in [5.41, 5.74) is 1.97. The Balaban J connectivity index is 1.81. The van der Waals surface area contributed by atoms with Gasteiger partial charge in [0.05, 0.1) is 11.4 Å². The van der Waals surface area contributed by atoms with Gasteiger partial charge in [-0.1, -0.05) is 6.07 Å². The number of aldehydes is 1. The second-order valence-corrected chi connectivity index (χ2v) is 4.91. The fourth-order valence-electron chi connectivity index (χ4n) is 2.17. The molecule has 0 bridgehead atoms. The van der Waals surface area contributed by atoms with Gasteiger partial charge >= 0.3 is 0 Å². The molecule has 0 spiro atoms. The standard InChI is InChI=1S/C15H15N3O2/c1-18-8-12(9-18)20-15-4-2-3-13(17-15)14-7-11(10-19)5-6-16-14/h2-7,10,12H,8-9H2,1H3. The Bertz CT molecular complexity index is 624. The molecule has 0 radical (unpaired) electrons. The Morgan fingerprint density at radius 3 is 2.90 bits per heavy atom. The number of rotatable bonds is 4. The van der Waals surface area contributed by atoms with E-state index in [1.165, 1.54) is 0 Å². The van der Waals surface area contributed by atoms with Crippen molar-refractivity contribution in [2.75, 3.05) is 20.1 Å². The smallest absolute Gasteiger partial charge is 0.214 e. The predicted octanol–water partition coefficient (Wildman–Crippen LogP) is 1.65. The quantitative estimate of drug-likeness (QED) is 0.790. The number of likely N-dealkylation sites (N-methyl/N-ethyl adjacent to an activating group) is 1. The van der Waals surface area contributed by atoms with Crippen molar-refractivity contribution in [1.82, 2.24) is 14.9 Å². The molecule has 5 heteroatoms. The minimum atomic E-state index is 0.206. The molecule has 3 heterocycles. The van der Waals surface area contributed by atoms with Crippen LogP contribution in [-0.2, 0) is 0 Å². The van der Waals surface area contributed by atoms with Crippen molar-refractivity contribution >= 4 is 6.29 Å². The molecule has 102 valence electrons. The molecule has 0 atom stereocenters. The van der Waals surface area contributed by atoms with Gasteiger partial charge in [0.15, 0.2) is 0 Å². The molecule has 1 saturated heterocycles. The minimum Gasteiger partial charge on any atom is -0.472 e. The fourth-order valence-corrected chi connectivity index (χ4v) is 2.17. The topological polar surface area (TPSA) is 55.3 Å². The van der Waals surface area contributed by atoms with Crippen LogP contribution in [0.25, 0.3) is 11.4 Å². The molecule has 0 amide bonds. The van der Waals surface area contributed by atoms with Gasteiger partial charge in [-0.2, -0.15) is 0 Å². The zero-order chi connectivity index (χ0) is 13.9. The van der Waals surface area contributed by atoms with Crippen LogP contribution in [0, 0.1) is 0 Å². The van der Waals surface area contributed by atoms with E-state index in [1.807, 2.05) is 18.2 Å². The van der Waals surface area contributed by atoms with E-state index in [2.05, 4.69) is 21.9 Å². The molecule has 0 saturated carbocycles. The van der Waals surface area contributed by atoms with E-state index >= 15 is 0 Å². The minimum absolute atomic E-state index is 0.206. The lowest BCUT2D eigenvalue weighted by Crippen LogP contribution is -2.51. The number of aromatic nitrogens is 2. The third-order valence-electron chi connectivity index (χ3n) is 3.22. The average molecular weight is 269 g/mol. The molecular formula is C15H15N3O2. The van der Waals surface area contributed by atoms with Crippen LogP contribution in [-0.4, -0.2) is 47.4 Å². The fraction of sp³-hybridized carbons (Fsp3) is 0.267. The van der Waals surface area contributed by atoms with Crippen molar-refractivity contribution in [3.8, 4) is 17.3 Å². The van der Waals surface area contributed by atoms with Crippen molar-refractivity contribution in [3.63, 3.8) is 0 Å². The number of ether oxygens (including phenoxy) is 1. The van der Waals surface area contributed by atoms with Crippen LogP contribution in [0.3, 0.4) is 0 Å². The number of carbonyl (C=O) groups is 1. The Kier molecular flexibility index (Phi) is 3.43. The predicted molar refractivity (Wildman–Crippen MR) is 74.8 cm³/mol. The van der Waals surface area contributed by atoms with E-state index in [0.717, 1.165) is 19.4 Å². The van der Waals surface area contributed by atoms with Gasteiger partial charge < -0.3 is 4.74 Å². The molecular weight excluding hydrogens is 254 g/mol. The highest BCUT2D eigenvalue weighted by Crippen LogP contribution is 2.20. The van der Waals surface area contributed by atoms with E-state index in [1.54, 1.807) is 18.3 Å². The van der Waals surface area contributed by atoms with Gasteiger partial charge in [0.25, 0.3) is 0 Å². The third kappa shape index (κ3) is 2.67. The summed E-state index contributed by atoms with van der Waals surface area (Å²) in [6, 6.07) is 8.97. The molecule has 5 nitrogen and oxygen atoms in total. The molecule has 1 aliphatic rings. The molecule has 0 unspecified atom stereocenters. The monoisotopic (exact) mass is 269 g/mol. The summed E-state index contributed by atoms with van der Waals surface area (Å²) >= 11 is 0. The van der Waals surface area contributed by atoms with E-state index in [-0.39, 0.29) is 6.10 Å². The van der Waals surface area contributed by atoms with Crippen LogP contribution < -0.4 is 4.74 Å². The Morgan fingerprint density at radius 2 is 2.15 bits per heavy atom. The van der Waals surface area contributed by atoms with Crippen molar-refractivity contribution in [3.05, 3.63) is 42.1 Å². The number of hydrogen-bond donors (Lipinski definition) is 0. The lowest BCUT2D eigenvalue weighted by Gasteiger charge is -2.35. The molecule has 2 aromatic rings. The number of hydrogen-bond acceptors (Lipinski definition) is 5. The van der Waals surface area contributed by atoms with Crippen LogP contribution >= 0.6 is 0 Å². The highest BCUT2D eigenvalue weighted by Gasteiger charge is 2.25. The third-order valence-corrected chi connectivity index (χ3v) is 3.22. The molecule has 2 aromatic heterocycles. The van der Waals surface area contributed by atoms with Crippen molar-refractivity contribution < 1.29 is 9.53 Å². The molecule has 1 fully saturated rings. The summed E-state index contributed by atoms with van der Waals surface area (Å²) in [6.45, 7) is 1.84. The van der Waals surface area contributed by atoms with Crippen LogP contribution in [0.4, 0.5) is 0 Å². The lowest BCUT2D eigenvalue weighted by atomic mass is 10.2. The molecule has 1 aliphatic heterocycles. The Labute approximate surface area is 117 Å². The SMILES string of the molecule is CN1CC(Oc2cccc(-c3cc(C=O)ccn3)n2)C1. The molecule has 0 N–H and O–H groups in total.